The van der Waals surface area contributed by atoms with E-state index in [4.69, 9.17) is 0 Å². The van der Waals surface area contributed by atoms with E-state index in [1.54, 1.807) is 0 Å². The Bertz CT molecular complexity index is 159. The number of nitro groups is 1. The van der Waals surface area contributed by atoms with Crippen LogP contribution in [0.25, 0.3) is 0 Å². The molecule has 0 radical (unpaired) electrons. The molecule has 14 heavy (non-hydrogen) atoms. The summed E-state index contributed by atoms with van der Waals surface area (Å²) < 4.78 is 0. The van der Waals surface area contributed by atoms with Crippen molar-refractivity contribution in [1.82, 2.24) is 0 Å². The third kappa shape index (κ3) is 4.58. The van der Waals surface area contributed by atoms with E-state index in [9.17, 15) is 10.1 Å². The van der Waals surface area contributed by atoms with Crippen LogP contribution in [0.3, 0.4) is 0 Å². The van der Waals surface area contributed by atoms with Crippen LogP contribution in [0, 0.1) is 10.1 Å². The molecule has 1 aliphatic carbocycles. The van der Waals surface area contributed by atoms with Gasteiger partial charge in [0.25, 0.3) is 0 Å². The Morgan fingerprint density at radius 1 is 0.786 bits per heavy atom. The number of rotatable bonds is 1. The molecule has 1 rings (SSSR count). The standard InChI is InChI=1S/C11H21NO2/c13-12(14)11-9-7-5-3-1-2-4-6-8-10-11/h11H,1-10H2. The fourth-order valence-corrected chi connectivity index (χ4v) is 2.18. The summed E-state index contributed by atoms with van der Waals surface area (Å²) in [6, 6.07) is -0.256. The van der Waals surface area contributed by atoms with Crippen LogP contribution in [-0.2, 0) is 0 Å². The smallest absolute Gasteiger partial charge is 0.213 e. The Labute approximate surface area is 86.0 Å². The maximum Gasteiger partial charge on any atom is 0.213 e. The van der Waals surface area contributed by atoms with Gasteiger partial charge in [-0.1, -0.05) is 38.5 Å². The van der Waals surface area contributed by atoms with Gasteiger partial charge in [0.1, 0.15) is 0 Å². The fourth-order valence-electron chi connectivity index (χ4n) is 2.18. The molecule has 0 N–H and O–H groups in total. The van der Waals surface area contributed by atoms with Crippen LogP contribution >= 0.6 is 0 Å². The topological polar surface area (TPSA) is 43.1 Å². The first-order valence-electron chi connectivity index (χ1n) is 5.94. The molecule has 1 aliphatic rings. The van der Waals surface area contributed by atoms with Crippen molar-refractivity contribution in [2.24, 2.45) is 0 Å². The van der Waals surface area contributed by atoms with Gasteiger partial charge in [0, 0.05) is 17.8 Å². The van der Waals surface area contributed by atoms with E-state index in [1.165, 1.54) is 38.5 Å². The lowest BCUT2D eigenvalue weighted by Crippen LogP contribution is -2.19. The van der Waals surface area contributed by atoms with Crippen LogP contribution in [0.15, 0.2) is 0 Å². The predicted octanol–water partition coefficient (Wildman–Crippen LogP) is 3.55. The average Bonchev–Trinajstić information content (AvgIpc) is 2.21. The van der Waals surface area contributed by atoms with Crippen LogP contribution in [0.5, 0.6) is 0 Å². The zero-order chi connectivity index (χ0) is 10.2. The highest BCUT2D eigenvalue weighted by Crippen LogP contribution is 2.18. The first kappa shape index (κ1) is 11.5. The van der Waals surface area contributed by atoms with Gasteiger partial charge in [0.15, 0.2) is 0 Å². The molecule has 1 fully saturated rings. The third-order valence-corrected chi connectivity index (χ3v) is 3.12. The largest absolute Gasteiger partial charge is 0.264 e. The van der Waals surface area contributed by atoms with E-state index in [1.807, 2.05) is 0 Å². The van der Waals surface area contributed by atoms with Gasteiger partial charge in [-0.25, -0.2) is 0 Å². The summed E-state index contributed by atoms with van der Waals surface area (Å²) in [7, 11) is 0. The lowest BCUT2D eigenvalue weighted by molar-refractivity contribution is -0.524. The molecule has 0 amide bonds. The predicted molar refractivity (Wildman–Crippen MR) is 57.0 cm³/mol. The van der Waals surface area contributed by atoms with Crippen LogP contribution in [0.1, 0.15) is 64.2 Å². The van der Waals surface area contributed by atoms with Crippen LogP contribution < -0.4 is 0 Å². The molecule has 82 valence electrons. The maximum atomic E-state index is 10.7. The van der Waals surface area contributed by atoms with Crippen LogP contribution in [0.2, 0.25) is 0 Å². The molecule has 1 saturated carbocycles. The molecule has 0 aromatic heterocycles. The van der Waals surface area contributed by atoms with Gasteiger partial charge in [-0.2, -0.15) is 0 Å². The van der Waals surface area contributed by atoms with Crippen LogP contribution in [-0.4, -0.2) is 11.0 Å². The minimum Gasteiger partial charge on any atom is -0.264 e. The Morgan fingerprint density at radius 3 is 1.50 bits per heavy atom. The van der Waals surface area contributed by atoms with E-state index in [2.05, 4.69) is 0 Å². The lowest BCUT2D eigenvalue weighted by Gasteiger charge is -2.07. The van der Waals surface area contributed by atoms with E-state index in [0.29, 0.717) is 0 Å². The summed E-state index contributed by atoms with van der Waals surface area (Å²) in [4.78, 5) is 10.6. The van der Waals surface area contributed by atoms with Gasteiger partial charge >= 0.3 is 0 Å². The van der Waals surface area contributed by atoms with Crippen molar-refractivity contribution < 1.29 is 4.92 Å². The normalized spacial score (nSPS) is 22.6. The quantitative estimate of drug-likeness (QED) is 0.479. The summed E-state index contributed by atoms with van der Waals surface area (Å²) in [5, 5.41) is 10.7. The Kier molecular flexibility index (Phi) is 5.57. The van der Waals surface area contributed by atoms with Gasteiger partial charge in [0.05, 0.1) is 0 Å². The molecule has 0 heterocycles. The van der Waals surface area contributed by atoms with E-state index < -0.39 is 0 Å². The van der Waals surface area contributed by atoms with Crippen LogP contribution in [0.4, 0.5) is 0 Å². The Morgan fingerprint density at radius 2 is 1.14 bits per heavy atom. The summed E-state index contributed by atoms with van der Waals surface area (Å²) in [5.74, 6) is 0. The molecule has 3 heteroatoms. The second-order valence-electron chi connectivity index (χ2n) is 4.34. The van der Waals surface area contributed by atoms with Gasteiger partial charge in [0.2, 0.25) is 6.04 Å². The summed E-state index contributed by atoms with van der Waals surface area (Å²) in [6.07, 6.45) is 11.2. The molecule has 0 aliphatic heterocycles. The van der Waals surface area contributed by atoms with Gasteiger partial charge in [-0.3, -0.25) is 10.1 Å². The molecule has 0 bridgehead atoms. The number of nitrogens with zero attached hydrogens (tertiary/aromatic N) is 1. The Balaban J connectivity index is 2.31. The molecular weight excluding hydrogens is 178 g/mol. The second-order valence-corrected chi connectivity index (χ2v) is 4.34. The third-order valence-electron chi connectivity index (χ3n) is 3.12. The van der Waals surface area contributed by atoms with Crippen molar-refractivity contribution in [2.75, 3.05) is 0 Å². The summed E-state index contributed by atoms with van der Waals surface area (Å²) in [5.41, 5.74) is 0. The SMILES string of the molecule is O=[N+]([O-])C1CCCCCCCCCC1. The molecule has 3 nitrogen and oxygen atoms in total. The van der Waals surface area contributed by atoms with Crippen molar-refractivity contribution in [3.8, 4) is 0 Å². The summed E-state index contributed by atoms with van der Waals surface area (Å²) in [6.45, 7) is 0. The van der Waals surface area contributed by atoms with E-state index in [-0.39, 0.29) is 11.0 Å². The highest BCUT2D eigenvalue weighted by Gasteiger charge is 2.18. The zero-order valence-electron chi connectivity index (χ0n) is 8.91. The lowest BCUT2D eigenvalue weighted by atomic mass is 10.0. The van der Waals surface area contributed by atoms with Crippen molar-refractivity contribution >= 4 is 0 Å². The minimum absolute atomic E-state index is 0.0715. The first-order chi connectivity index (χ1) is 6.80. The number of hydrogen-bond acceptors (Lipinski definition) is 2. The molecule has 0 spiro atoms. The summed E-state index contributed by atoms with van der Waals surface area (Å²) >= 11 is 0. The van der Waals surface area contributed by atoms with Crippen molar-refractivity contribution in [3.63, 3.8) is 0 Å². The Hall–Kier alpha value is -0.600. The molecular formula is C11H21NO2. The van der Waals surface area contributed by atoms with Gasteiger partial charge in [-0.05, 0) is 12.8 Å². The minimum atomic E-state index is -0.256. The van der Waals surface area contributed by atoms with Crippen molar-refractivity contribution in [3.05, 3.63) is 10.1 Å². The highest BCUT2D eigenvalue weighted by atomic mass is 16.6. The number of hydrogen-bond donors (Lipinski definition) is 0. The zero-order valence-corrected chi connectivity index (χ0v) is 8.91. The second kappa shape index (κ2) is 6.80. The maximum absolute atomic E-state index is 10.7. The highest BCUT2D eigenvalue weighted by molar-refractivity contribution is 4.60. The molecule has 0 unspecified atom stereocenters. The molecule has 0 saturated heterocycles. The van der Waals surface area contributed by atoms with E-state index in [0.717, 1.165) is 25.7 Å². The monoisotopic (exact) mass is 199 g/mol. The van der Waals surface area contributed by atoms with Crippen molar-refractivity contribution in [2.45, 2.75) is 70.3 Å². The van der Waals surface area contributed by atoms with E-state index >= 15 is 0 Å². The molecule has 0 atom stereocenters. The molecule has 0 aromatic carbocycles. The fraction of sp³-hybridized carbons (Fsp3) is 1.00. The average molecular weight is 199 g/mol. The van der Waals surface area contributed by atoms with Gasteiger partial charge in [-0.15, -0.1) is 0 Å². The van der Waals surface area contributed by atoms with Gasteiger partial charge < -0.3 is 0 Å². The molecule has 0 aromatic rings. The van der Waals surface area contributed by atoms with Crippen molar-refractivity contribution in [1.29, 1.82) is 0 Å². The first-order valence-corrected chi connectivity index (χ1v) is 5.94.